The minimum Gasteiger partial charge on any atom is -0.471 e. The Bertz CT molecular complexity index is 2110. The number of para-hydroxylation sites is 1. The molecule has 3 aromatic rings. The van der Waals surface area contributed by atoms with Crippen LogP contribution in [0.15, 0.2) is 48.8 Å². The molecule has 2 saturated carbocycles. The van der Waals surface area contributed by atoms with Crippen LogP contribution < -0.4 is 20.1 Å². The van der Waals surface area contributed by atoms with E-state index in [2.05, 4.69) is 30.3 Å². The van der Waals surface area contributed by atoms with E-state index in [0.29, 0.717) is 49.7 Å². The van der Waals surface area contributed by atoms with Gasteiger partial charge < -0.3 is 20.3 Å². The molecule has 17 heteroatoms. The summed E-state index contributed by atoms with van der Waals surface area (Å²) in [5.41, 5.74) is -1.26. The van der Waals surface area contributed by atoms with Crippen molar-refractivity contribution < 1.29 is 41.1 Å². The molecule has 0 bridgehead atoms. The Hall–Kier alpha value is -5.06. The van der Waals surface area contributed by atoms with Crippen molar-refractivity contribution in [1.82, 2.24) is 35.2 Å². The molecular weight excluding hydrogens is 713 g/mol. The SMILES string of the molecule is Cc1nc2cccc(F)c2nc1O[C@@H]1C[C@H]2C(=O)N[C@]3(C(=O)NS(=O)(=O)C4CC4)CC3/C=C\CCCCC[C@H](NC(=O)c3ccncc3F)C(=O)N2C1. The molecule has 2 aliphatic carbocycles. The Morgan fingerprint density at radius 1 is 1.06 bits per heavy atom. The maximum Gasteiger partial charge on any atom is 0.259 e. The average Bonchev–Trinajstić information content (AvgIpc) is 4.04. The molecule has 14 nitrogen and oxygen atoms in total. The van der Waals surface area contributed by atoms with Gasteiger partial charge in [-0.05, 0) is 63.6 Å². The highest BCUT2D eigenvalue weighted by molar-refractivity contribution is 7.91. The highest BCUT2D eigenvalue weighted by Crippen LogP contribution is 2.46. The number of fused-ring (bicyclic) bond motifs is 3. The maximum absolute atomic E-state index is 14.7. The quantitative estimate of drug-likeness (QED) is 0.303. The Morgan fingerprint density at radius 2 is 1.87 bits per heavy atom. The largest absolute Gasteiger partial charge is 0.471 e. The van der Waals surface area contributed by atoms with E-state index in [4.69, 9.17) is 4.74 Å². The minimum atomic E-state index is -3.94. The van der Waals surface area contributed by atoms with Gasteiger partial charge in [0.1, 0.15) is 34.9 Å². The topological polar surface area (TPSA) is 190 Å². The smallest absolute Gasteiger partial charge is 0.259 e. The van der Waals surface area contributed by atoms with E-state index in [1.807, 2.05) is 6.08 Å². The molecule has 2 aliphatic heterocycles. The number of aromatic nitrogens is 3. The fraction of sp³-hybridized carbons (Fsp3) is 0.472. The molecule has 1 unspecified atom stereocenters. The monoisotopic (exact) mass is 751 g/mol. The lowest BCUT2D eigenvalue weighted by molar-refractivity contribution is -0.141. The number of benzene rings is 1. The lowest BCUT2D eigenvalue weighted by Crippen LogP contribution is -2.58. The first-order chi connectivity index (χ1) is 25.4. The number of nitrogens with one attached hydrogen (secondary N) is 3. The summed E-state index contributed by atoms with van der Waals surface area (Å²) >= 11 is 0. The van der Waals surface area contributed by atoms with Gasteiger partial charge in [-0.3, -0.25) is 28.9 Å². The van der Waals surface area contributed by atoms with Crippen LogP contribution in [0.5, 0.6) is 5.88 Å². The molecule has 0 radical (unpaired) electrons. The zero-order chi connectivity index (χ0) is 37.5. The first-order valence-corrected chi connectivity index (χ1v) is 19.3. The highest BCUT2D eigenvalue weighted by atomic mass is 32.2. The summed E-state index contributed by atoms with van der Waals surface area (Å²) in [5.74, 6) is -5.04. The molecule has 280 valence electrons. The van der Waals surface area contributed by atoms with Gasteiger partial charge in [-0.1, -0.05) is 31.1 Å². The Balaban J connectivity index is 1.20. The van der Waals surface area contributed by atoms with Gasteiger partial charge in [-0.15, -0.1) is 0 Å². The molecular formula is C36H39F2N7O7S. The van der Waals surface area contributed by atoms with Crippen LogP contribution in [-0.2, 0) is 24.4 Å². The number of amides is 4. The third-order valence-corrected chi connectivity index (χ3v) is 12.0. The Labute approximate surface area is 304 Å². The number of allylic oxidation sites excluding steroid dienone is 1. The standard InChI is InChI=1S/C36H39F2N7O7S/c1-20-33(42-30-25(37)9-7-11-27(30)40-20)52-22-16-29-32(47)43-36(35(49)44-53(50,51)23-12-13-23)17-21(36)8-5-3-2-4-6-10-28(34(48)45(29)19-22)41-31(46)24-14-15-39-18-26(24)38/h5,7-9,11,14-15,18,21-23,28-29H,2-4,6,10,12-13,16-17,19H2,1H3,(H,41,46)(H,43,47)(H,44,49)/b8-5-/t21?,22-,28+,29+,36-/m1/s1. The summed E-state index contributed by atoms with van der Waals surface area (Å²) < 4.78 is 63.1. The van der Waals surface area contributed by atoms with Crippen molar-refractivity contribution in [3.63, 3.8) is 0 Å². The molecule has 3 N–H and O–H groups in total. The summed E-state index contributed by atoms with van der Waals surface area (Å²) in [6, 6.07) is 3.13. The summed E-state index contributed by atoms with van der Waals surface area (Å²) in [7, 11) is -3.94. The van der Waals surface area contributed by atoms with Gasteiger partial charge in [0.25, 0.3) is 11.8 Å². The number of sulfonamides is 1. The van der Waals surface area contributed by atoms with Crippen LogP contribution in [0.3, 0.4) is 0 Å². The van der Waals surface area contributed by atoms with Gasteiger partial charge in [0.15, 0.2) is 11.6 Å². The second-order valence-corrected chi connectivity index (χ2v) is 16.1. The first kappa shape index (κ1) is 36.3. The van der Waals surface area contributed by atoms with Crippen LogP contribution in [0, 0.1) is 24.5 Å². The Morgan fingerprint density at radius 3 is 2.64 bits per heavy atom. The molecule has 1 aromatic carbocycles. The highest BCUT2D eigenvalue weighted by Gasteiger charge is 2.62. The second kappa shape index (κ2) is 14.4. The molecule has 3 fully saturated rings. The average molecular weight is 752 g/mol. The first-order valence-electron chi connectivity index (χ1n) is 17.7. The van der Waals surface area contributed by atoms with Crippen molar-refractivity contribution in [2.24, 2.45) is 5.92 Å². The van der Waals surface area contributed by atoms with Crippen molar-refractivity contribution in [2.45, 2.75) is 93.7 Å². The number of nitrogens with zero attached hydrogens (tertiary/aromatic N) is 4. The summed E-state index contributed by atoms with van der Waals surface area (Å²) in [4.78, 5) is 69.3. The molecule has 4 aliphatic rings. The summed E-state index contributed by atoms with van der Waals surface area (Å²) in [5, 5.41) is 4.77. The van der Waals surface area contributed by atoms with Crippen molar-refractivity contribution in [3.8, 4) is 5.88 Å². The van der Waals surface area contributed by atoms with Crippen LogP contribution in [0.4, 0.5) is 8.78 Å². The number of hydrogen-bond donors (Lipinski definition) is 3. The van der Waals surface area contributed by atoms with E-state index >= 15 is 0 Å². The van der Waals surface area contributed by atoms with Crippen LogP contribution in [-0.4, -0.2) is 87.4 Å². The zero-order valence-corrected chi connectivity index (χ0v) is 29.7. The van der Waals surface area contributed by atoms with Gasteiger partial charge >= 0.3 is 0 Å². The van der Waals surface area contributed by atoms with Crippen molar-refractivity contribution >= 4 is 44.7 Å². The molecule has 4 amide bonds. The van der Waals surface area contributed by atoms with E-state index in [0.717, 1.165) is 6.20 Å². The van der Waals surface area contributed by atoms with E-state index < -0.39 is 80.2 Å². The normalized spacial score (nSPS) is 27.0. The number of pyridine rings is 1. The van der Waals surface area contributed by atoms with Crippen LogP contribution in [0.2, 0.25) is 0 Å². The maximum atomic E-state index is 14.7. The molecule has 2 aromatic heterocycles. The fourth-order valence-electron chi connectivity index (χ4n) is 7.03. The number of carbonyl (C=O) groups excluding carboxylic acids is 4. The van der Waals surface area contributed by atoms with Crippen molar-refractivity contribution in [2.75, 3.05) is 6.54 Å². The lowest BCUT2D eigenvalue weighted by Gasteiger charge is -2.30. The number of aryl methyl sites for hydroxylation is 1. The lowest BCUT2D eigenvalue weighted by atomic mass is 10.0. The third kappa shape index (κ3) is 7.57. The number of ether oxygens (including phenoxy) is 1. The van der Waals surface area contributed by atoms with E-state index in [9.17, 15) is 36.4 Å². The van der Waals surface area contributed by atoms with E-state index in [-0.39, 0.29) is 42.8 Å². The van der Waals surface area contributed by atoms with Crippen molar-refractivity contribution in [3.05, 3.63) is 71.7 Å². The van der Waals surface area contributed by atoms with Gasteiger partial charge in [-0.25, -0.2) is 27.2 Å². The summed E-state index contributed by atoms with van der Waals surface area (Å²) in [6.07, 6.45) is 8.61. The van der Waals surface area contributed by atoms with E-state index in [1.165, 1.54) is 29.3 Å². The van der Waals surface area contributed by atoms with Crippen molar-refractivity contribution in [1.29, 1.82) is 0 Å². The van der Waals surface area contributed by atoms with Crippen LogP contribution >= 0.6 is 0 Å². The molecule has 1 saturated heterocycles. The minimum absolute atomic E-state index is 0.00487. The number of carbonyl (C=O) groups is 4. The number of hydrogen-bond acceptors (Lipinski definition) is 10. The molecule has 0 spiro atoms. The predicted molar refractivity (Wildman–Crippen MR) is 186 cm³/mol. The summed E-state index contributed by atoms with van der Waals surface area (Å²) in [6.45, 7) is 1.46. The molecule has 5 atom stereocenters. The van der Waals surface area contributed by atoms with Gasteiger partial charge in [-0.2, -0.15) is 0 Å². The van der Waals surface area contributed by atoms with Gasteiger partial charge in [0, 0.05) is 18.5 Å². The fourth-order valence-corrected chi connectivity index (χ4v) is 8.39. The van der Waals surface area contributed by atoms with Crippen LogP contribution in [0.25, 0.3) is 11.0 Å². The van der Waals surface area contributed by atoms with Gasteiger partial charge in [0.05, 0.1) is 29.1 Å². The van der Waals surface area contributed by atoms with E-state index in [1.54, 1.807) is 19.1 Å². The zero-order valence-electron chi connectivity index (χ0n) is 28.9. The number of rotatable bonds is 7. The third-order valence-electron chi connectivity index (χ3n) is 10.2. The molecule has 53 heavy (non-hydrogen) atoms. The van der Waals surface area contributed by atoms with Crippen LogP contribution in [0.1, 0.15) is 73.8 Å². The molecule has 7 rings (SSSR count). The van der Waals surface area contributed by atoms with Gasteiger partial charge in [0.2, 0.25) is 27.7 Å². The predicted octanol–water partition coefficient (Wildman–Crippen LogP) is 2.76. The number of halogens is 2. The Kier molecular flexibility index (Phi) is 9.86. The second-order valence-electron chi connectivity index (χ2n) is 14.1. The molecule has 4 heterocycles.